The van der Waals surface area contributed by atoms with Gasteiger partial charge in [-0.25, -0.2) is 0 Å². The fraction of sp³-hybridized carbons (Fsp3) is 0.400. The molecular formula is C10H9BrCl2N2O2. The summed E-state index contributed by atoms with van der Waals surface area (Å²) in [6, 6.07) is 1.31. The molecular weight excluding hydrogens is 331 g/mol. The Morgan fingerprint density at radius 1 is 1.35 bits per heavy atom. The van der Waals surface area contributed by atoms with Gasteiger partial charge in [0.2, 0.25) is 0 Å². The number of nitrogens with zero attached hydrogens (tertiary/aromatic N) is 2. The quantitative estimate of drug-likeness (QED) is 0.459. The third-order valence-electron chi connectivity index (χ3n) is 2.74. The molecule has 17 heavy (non-hydrogen) atoms. The molecule has 0 atom stereocenters. The molecule has 0 aliphatic carbocycles. The summed E-state index contributed by atoms with van der Waals surface area (Å²) >= 11 is 15.2. The van der Waals surface area contributed by atoms with Crippen LogP contribution < -0.4 is 4.90 Å². The van der Waals surface area contributed by atoms with E-state index in [0.29, 0.717) is 15.2 Å². The van der Waals surface area contributed by atoms with Crippen LogP contribution in [-0.4, -0.2) is 18.0 Å². The van der Waals surface area contributed by atoms with Crippen molar-refractivity contribution in [2.24, 2.45) is 0 Å². The van der Waals surface area contributed by atoms with Crippen LogP contribution in [0.2, 0.25) is 10.0 Å². The van der Waals surface area contributed by atoms with Crippen molar-refractivity contribution >= 4 is 50.5 Å². The van der Waals surface area contributed by atoms with E-state index >= 15 is 0 Å². The highest BCUT2D eigenvalue weighted by molar-refractivity contribution is 9.10. The summed E-state index contributed by atoms with van der Waals surface area (Å²) in [6.07, 6.45) is 2.06. The number of hydrogen-bond donors (Lipinski definition) is 0. The zero-order valence-corrected chi connectivity index (χ0v) is 11.8. The Balaban J connectivity index is 2.61. The van der Waals surface area contributed by atoms with E-state index in [9.17, 15) is 10.1 Å². The summed E-state index contributed by atoms with van der Waals surface area (Å²) in [7, 11) is 0. The molecule has 4 nitrogen and oxygen atoms in total. The largest absolute Gasteiger partial charge is 0.365 e. The topological polar surface area (TPSA) is 46.4 Å². The second kappa shape index (κ2) is 5.00. The molecule has 2 rings (SSSR count). The average molecular weight is 340 g/mol. The van der Waals surface area contributed by atoms with Crippen LogP contribution in [0.4, 0.5) is 11.4 Å². The lowest BCUT2D eigenvalue weighted by Gasteiger charge is -2.20. The van der Waals surface area contributed by atoms with Crippen molar-refractivity contribution < 1.29 is 4.92 Å². The smallest absolute Gasteiger partial charge is 0.295 e. The van der Waals surface area contributed by atoms with Crippen molar-refractivity contribution in [3.05, 3.63) is 30.7 Å². The lowest BCUT2D eigenvalue weighted by atomic mass is 10.2. The van der Waals surface area contributed by atoms with Crippen LogP contribution in [0, 0.1) is 10.1 Å². The van der Waals surface area contributed by atoms with Gasteiger partial charge >= 0.3 is 0 Å². The molecule has 1 aromatic carbocycles. The molecule has 0 saturated carbocycles. The van der Waals surface area contributed by atoms with Crippen molar-refractivity contribution in [3.8, 4) is 0 Å². The summed E-state index contributed by atoms with van der Waals surface area (Å²) in [5.74, 6) is 0. The fourth-order valence-corrected chi connectivity index (χ4v) is 3.08. The minimum absolute atomic E-state index is 0.00632. The second-order valence-electron chi connectivity index (χ2n) is 3.81. The molecule has 0 amide bonds. The molecule has 0 aromatic heterocycles. The SMILES string of the molecule is O=[N+]([O-])c1cc(Cl)c(Cl)c(Br)c1N1CCCC1. The van der Waals surface area contributed by atoms with Crippen LogP contribution >= 0.6 is 39.1 Å². The number of hydrogen-bond acceptors (Lipinski definition) is 3. The van der Waals surface area contributed by atoms with E-state index < -0.39 is 4.92 Å². The highest BCUT2D eigenvalue weighted by Gasteiger charge is 2.28. The third kappa shape index (κ3) is 2.37. The summed E-state index contributed by atoms with van der Waals surface area (Å²) in [6.45, 7) is 1.61. The lowest BCUT2D eigenvalue weighted by molar-refractivity contribution is -0.384. The monoisotopic (exact) mass is 338 g/mol. The van der Waals surface area contributed by atoms with Crippen molar-refractivity contribution in [1.82, 2.24) is 0 Å². The van der Waals surface area contributed by atoms with E-state index in [1.807, 2.05) is 4.90 Å². The molecule has 0 spiro atoms. The van der Waals surface area contributed by atoms with Crippen LogP contribution in [0.15, 0.2) is 10.5 Å². The first kappa shape index (κ1) is 12.9. The highest BCUT2D eigenvalue weighted by Crippen LogP contribution is 2.45. The number of rotatable bonds is 2. The van der Waals surface area contributed by atoms with Gasteiger partial charge in [0.05, 0.1) is 19.4 Å². The molecule has 1 aliphatic heterocycles. The van der Waals surface area contributed by atoms with Gasteiger partial charge in [-0.2, -0.15) is 0 Å². The number of anilines is 1. The standard InChI is InChI=1S/C10H9BrCl2N2O2/c11-8-9(13)6(12)5-7(15(16)17)10(8)14-3-1-2-4-14/h5H,1-4H2. The number of halogens is 3. The third-order valence-corrected chi connectivity index (χ3v) is 4.52. The maximum atomic E-state index is 11.1. The van der Waals surface area contributed by atoms with Crippen LogP contribution in [0.3, 0.4) is 0 Å². The second-order valence-corrected chi connectivity index (χ2v) is 5.38. The van der Waals surface area contributed by atoms with Crippen LogP contribution in [0.25, 0.3) is 0 Å². The normalized spacial score (nSPS) is 15.4. The van der Waals surface area contributed by atoms with E-state index in [1.54, 1.807) is 0 Å². The van der Waals surface area contributed by atoms with Gasteiger partial charge in [-0.3, -0.25) is 10.1 Å². The first-order chi connectivity index (χ1) is 8.02. The van der Waals surface area contributed by atoms with Gasteiger partial charge in [-0.15, -0.1) is 0 Å². The summed E-state index contributed by atoms with van der Waals surface area (Å²) in [4.78, 5) is 12.6. The Morgan fingerprint density at radius 2 is 1.94 bits per heavy atom. The Bertz CT molecular complexity index is 476. The van der Waals surface area contributed by atoms with E-state index in [1.165, 1.54) is 6.07 Å². The summed E-state index contributed by atoms with van der Waals surface area (Å²) in [5, 5.41) is 11.6. The van der Waals surface area contributed by atoms with Gasteiger partial charge < -0.3 is 4.90 Å². The predicted molar refractivity (Wildman–Crippen MR) is 72.3 cm³/mol. The van der Waals surface area contributed by atoms with Crippen molar-refractivity contribution in [2.45, 2.75) is 12.8 Å². The van der Waals surface area contributed by atoms with Crippen molar-refractivity contribution in [2.75, 3.05) is 18.0 Å². The Hall–Kier alpha value is -0.520. The Kier molecular flexibility index (Phi) is 3.80. The van der Waals surface area contributed by atoms with E-state index in [0.717, 1.165) is 25.9 Å². The fourth-order valence-electron chi connectivity index (χ4n) is 1.95. The lowest BCUT2D eigenvalue weighted by Crippen LogP contribution is -2.19. The van der Waals surface area contributed by atoms with Gasteiger partial charge in [-0.05, 0) is 28.8 Å². The first-order valence-electron chi connectivity index (χ1n) is 5.09. The zero-order chi connectivity index (χ0) is 12.6. The molecule has 0 unspecified atom stereocenters. The first-order valence-corrected chi connectivity index (χ1v) is 6.64. The predicted octanol–water partition coefficient (Wildman–Crippen LogP) is 4.26. The van der Waals surface area contributed by atoms with Crippen LogP contribution in [0.5, 0.6) is 0 Å². The van der Waals surface area contributed by atoms with Crippen molar-refractivity contribution in [1.29, 1.82) is 0 Å². The molecule has 1 aliphatic rings. The van der Waals surface area contributed by atoms with E-state index in [2.05, 4.69) is 15.9 Å². The van der Waals surface area contributed by atoms with Gasteiger partial charge in [-0.1, -0.05) is 23.2 Å². The van der Waals surface area contributed by atoms with Gasteiger partial charge in [0.15, 0.2) is 0 Å². The molecule has 92 valence electrons. The number of nitro groups is 1. The van der Waals surface area contributed by atoms with Gasteiger partial charge in [0.25, 0.3) is 5.69 Å². The molecule has 1 saturated heterocycles. The summed E-state index contributed by atoms with van der Waals surface area (Å²) < 4.78 is 0.500. The van der Waals surface area contributed by atoms with Gasteiger partial charge in [0, 0.05) is 19.2 Å². The van der Waals surface area contributed by atoms with E-state index in [-0.39, 0.29) is 10.7 Å². The Morgan fingerprint density at radius 3 is 2.47 bits per heavy atom. The zero-order valence-electron chi connectivity index (χ0n) is 8.75. The molecule has 1 heterocycles. The minimum atomic E-state index is -0.430. The molecule has 7 heteroatoms. The van der Waals surface area contributed by atoms with E-state index in [4.69, 9.17) is 23.2 Å². The maximum absolute atomic E-state index is 11.1. The number of nitro benzene ring substituents is 1. The summed E-state index contributed by atoms with van der Waals surface area (Å²) in [5.41, 5.74) is 0.523. The van der Waals surface area contributed by atoms with Crippen LogP contribution in [0.1, 0.15) is 12.8 Å². The number of benzene rings is 1. The highest BCUT2D eigenvalue weighted by atomic mass is 79.9. The molecule has 0 radical (unpaired) electrons. The van der Waals surface area contributed by atoms with Gasteiger partial charge in [0.1, 0.15) is 5.69 Å². The molecule has 0 N–H and O–H groups in total. The molecule has 1 fully saturated rings. The van der Waals surface area contributed by atoms with Crippen LogP contribution in [-0.2, 0) is 0 Å². The van der Waals surface area contributed by atoms with Crippen molar-refractivity contribution in [3.63, 3.8) is 0 Å². The Labute approximate surface area is 117 Å². The molecule has 0 bridgehead atoms. The maximum Gasteiger partial charge on any atom is 0.295 e. The minimum Gasteiger partial charge on any atom is -0.365 e. The average Bonchev–Trinajstić information content (AvgIpc) is 2.78. The molecule has 1 aromatic rings.